The topological polar surface area (TPSA) is 32.3 Å². The molecule has 1 aliphatic rings. The van der Waals surface area contributed by atoms with Gasteiger partial charge in [-0.2, -0.15) is 13.2 Å². The van der Waals surface area contributed by atoms with Gasteiger partial charge in [0.1, 0.15) is 6.54 Å². The lowest BCUT2D eigenvalue weighted by Gasteiger charge is -2.32. The number of halogens is 3. The summed E-state index contributed by atoms with van der Waals surface area (Å²) >= 11 is 0. The van der Waals surface area contributed by atoms with E-state index in [1.165, 1.54) is 0 Å². The first-order chi connectivity index (χ1) is 9.80. The summed E-state index contributed by atoms with van der Waals surface area (Å²) in [6.07, 6.45) is -3.04. The van der Waals surface area contributed by atoms with Crippen LogP contribution < -0.4 is 5.32 Å². The number of benzene rings is 1. The lowest BCUT2D eigenvalue weighted by Crippen LogP contribution is -2.54. The molecule has 1 aromatic rings. The quantitative estimate of drug-likeness (QED) is 0.927. The molecule has 0 aromatic heterocycles. The van der Waals surface area contributed by atoms with E-state index in [-0.39, 0.29) is 6.54 Å². The number of nitrogens with one attached hydrogen (secondary N) is 1. The summed E-state index contributed by atoms with van der Waals surface area (Å²) in [6, 6.07) is 8.74. The maximum absolute atomic E-state index is 12.8. The van der Waals surface area contributed by atoms with E-state index in [9.17, 15) is 18.0 Å². The first-order valence-corrected chi connectivity index (χ1v) is 6.95. The lowest BCUT2D eigenvalue weighted by atomic mass is 9.98. The fourth-order valence-electron chi connectivity index (χ4n) is 2.65. The molecule has 0 saturated carbocycles. The normalized spacial score (nSPS) is 22.3. The molecule has 1 atom stereocenters. The summed E-state index contributed by atoms with van der Waals surface area (Å²) in [5.41, 5.74) is -0.197. The maximum Gasteiger partial charge on any atom is 0.406 e. The van der Waals surface area contributed by atoms with E-state index in [0.717, 1.165) is 11.3 Å². The van der Waals surface area contributed by atoms with Crippen molar-refractivity contribution in [3.05, 3.63) is 35.9 Å². The van der Waals surface area contributed by atoms with Crippen molar-refractivity contribution in [2.75, 3.05) is 13.1 Å². The van der Waals surface area contributed by atoms with Gasteiger partial charge in [-0.1, -0.05) is 30.3 Å². The summed E-state index contributed by atoms with van der Waals surface area (Å²) in [5.74, 6) is -0.485. The molecular weight excluding hydrogens is 281 g/mol. The Labute approximate surface area is 122 Å². The van der Waals surface area contributed by atoms with Crippen LogP contribution in [0.2, 0.25) is 0 Å². The molecule has 1 N–H and O–H groups in total. The number of alkyl halides is 3. The number of hydrogen-bond donors (Lipinski definition) is 1. The molecule has 0 aliphatic carbocycles. The second-order valence-corrected chi connectivity index (χ2v) is 5.62. The fourth-order valence-corrected chi connectivity index (χ4v) is 2.65. The molecule has 0 radical (unpaired) electrons. The highest BCUT2D eigenvalue weighted by Gasteiger charge is 2.42. The first-order valence-electron chi connectivity index (χ1n) is 6.95. The fraction of sp³-hybridized carbons (Fsp3) is 0.533. The Kier molecular flexibility index (Phi) is 4.56. The van der Waals surface area contributed by atoms with Crippen LogP contribution in [0.3, 0.4) is 0 Å². The maximum atomic E-state index is 12.8. The zero-order chi connectivity index (χ0) is 15.5. The van der Waals surface area contributed by atoms with Crippen molar-refractivity contribution in [1.29, 1.82) is 0 Å². The third-order valence-electron chi connectivity index (χ3n) is 3.71. The predicted octanol–water partition coefficient (Wildman–Crippen LogP) is 2.72. The SMILES string of the molecule is CC1(C(=O)N(Cc2ccccc2)CC(F)(F)F)CCCN1. The van der Waals surface area contributed by atoms with Crippen LogP contribution >= 0.6 is 0 Å². The molecule has 2 rings (SSSR count). The van der Waals surface area contributed by atoms with Crippen molar-refractivity contribution in [3.63, 3.8) is 0 Å². The number of hydrogen-bond acceptors (Lipinski definition) is 2. The van der Waals surface area contributed by atoms with E-state index in [4.69, 9.17) is 0 Å². The van der Waals surface area contributed by atoms with Gasteiger partial charge in [0.15, 0.2) is 0 Å². The van der Waals surface area contributed by atoms with Crippen LogP contribution in [0.15, 0.2) is 30.3 Å². The number of nitrogens with zero attached hydrogens (tertiary/aromatic N) is 1. The number of rotatable bonds is 4. The second-order valence-electron chi connectivity index (χ2n) is 5.62. The second kappa shape index (κ2) is 6.05. The Morgan fingerprint density at radius 2 is 2.00 bits per heavy atom. The van der Waals surface area contributed by atoms with E-state index in [1.807, 2.05) is 0 Å². The molecule has 1 fully saturated rings. The Bertz CT molecular complexity index is 481. The Balaban J connectivity index is 2.17. The largest absolute Gasteiger partial charge is 0.406 e. The summed E-state index contributed by atoms with van der Waals surface area (Å²) in [4.78, 5) is 13.4. The predicted molar refractivity (Wildman–Crippen MR) is 73.6 cm³/mol. The van der Waals surface area contributed by atoms with Gasteiger partial charge in [0, 0.05) is 6.54 Å². The van der Waals surface area contributed by atoms with Crippen LogP contribution in [-0.2, 0) is 11.3 Å². The van der Waals surface area contributed by atoms with Crippen molar-refractivity contribution in [3.8, 4) is 0 Å². The Morgan fingerprint density at radius 3 is 2.52 bits per heavy atom. The molecule has 1 unspecified atom stereocenters. The highest BCUT2D eigenvalue weighted by atomic mass is 19.4. The molecule has 1 heterocycles. The number of carbonyl (C=O) groups excluding carboxylic acids is 1. The number of amides is 1. The molecule has 1 amide bonds. The molecule has 1 saturated heterocycles. The van der Waals surface area contributed by atoms with Crippen molar-refractivity contribution in [2.24, 2.45) is 0 Å². The average molecular weight is 300 g/mol. The minimum absolute atomic E-state index is 0.0313. The van der Waals surface area contributed by atoms with Gasteiger partial charge in [0.2, 0.25) is 5.91 Å². The Morgan fingerprint density at radius 1 is 1.33 bits per heavy atom. The third-order valence-corrected chi connectivity index (χ3v) is 3.71. The van der Waals surface area contributed by atoms with Gasteiger partial charge in [-0.15, -0.1) is 0 Å². The summed E-state index contributed by atoms with van der Waals surface area (Å²) in [6.45, 7) is 1.08. The van der Waals surface area contributed by atoms with E-state index in [2.05, 4.69) is 5.32 Å². The van der Waals surface area contributed by atoms with E-state index >= 15 is 0 Å². The molecule has 1 aromatic carbocycles. The standard InChI is InChI=1S/C15H19F3N2O/c1-14(8-5-9-19-14)13(21)20(11-15(16,17)18)10-12-6-3-2-4-7-12/h2-4,6-7,19H,5,8-11H2,1H3. The highest BCUT2D eigenvalue weighted by molar-refractivity contribution is 5.86. The van der Waals surface area contributed by atoms with Gasteiger partial charge in [0.05, 0.1) is 5.54 Å². The van der Waals surface area contributed by atoms with Gasteiger partial charge < -0.3 is 10.2 Å². The smallest absolute Gasteiger partial charge is 0.328 e. The molecule has 1 aliphatic heterocycles. The minimum Gasteiger partial charge on any atom is -0.328 e. The van der Waals surface area contributed by atoms with Gasteiger partial charge in [0.25, 0.3) is 0 Å². The Hall–Kier alpha value is -1.56. The highest BCUT2D eigenvalue weighted by Crippen LogP contribution is 2.25. The minimum atomic E-state index is -4.40. The molecule has 21 heavy (non-hydrogen) atoms. The summed E-state index contributed by atoms with van der Waals surface area (Å²) in [5, 5.41) is 3.03. The molecular formula is C15H19F3N2O. The van der Waals surface area contributed by atoms with E-state index in [1.54, 1.807) is 37.3 Å². The summed E-state index contributed by atoms with van der Waals surface area (Å²) in [7, 11) is 0. The van der Waals surface area contributed by atoms with Crippen LogP contribution in [-0.4, -0.2) is 35.6 Å². The number of carbonyl (C=O) groups is 1. The van der Waals surface area contributed by atoms with Crippen LogP contribution in [0.5, 0.6) is 0 Å². The van der Waals surface area contributed by atoms with Gasteiger partial charge >= 0.3 is 6.18 Å². The van der Waals surface area contributed by atoms with Crippen LogP contribution in [0, 0.1) is 0 Å². The van der Waals surface area contributed by atoms with Crippen molar-refractivity contribution >= 4 is 5.91 Å². The monoisotopic (exact) mass is 300 g/mol. The first kappa shape index (κ1) is 15.8. The van der Waals surface area contributed by atoms with Gasteiger partial charge in [-0.25, -0.2) is 0 Å². The van der Waals surface area contributed by atoms with Crippen LogP contribution in [0.1, 0.15) is 25.3 Å². The molecule has 3 nitrogen and oxygen atoms in total. The third kappa shape index (κ3) is 4.20. The van der Waals surface area contributed by atoms with E-state index < -0.39 is 24.2 Å². The average Bonchev–Trinajstić information content (AvgIpc) is 2.85. The zero-order valence-electron chi connectivity index (χ0n) is 11.9. The molecule has 6 heteroatoms. The van der Waals surface area contributed by atoms with Gasteiger partial charge in [-0.3, -0.25) is 4.79 Å². The van der Waals surface area contributed by atoms with E-state index in [0.29, 0.717) is 18.5 Å². The van der Waals surface area contributed by atoms with Crippen LogP contribution in [0.4, 0.5) is 13.2 Å². The van der Waals surface area contributed by atoms with Crippen LogP contribution in [0.25, 0.3) is 0 Å². The van der Waals surface area contributed by atoms with Gasteiger partial charge in [-0.05, 0) is 31.9 Å². The summed E-state index contributed by atoms with van der Waals surface area (Å²) < 4.78 is 38.3. The zero-order valence-corrected chi connectivity index (χ0v) is 11.9. The lowest BCUT2D eigenvalue weighted by molar-refractivity contribution is -0.166. The van der Waals surface area contributed by atoms with Crippen molar-refractivity contribution in [1.82, 2.24) is 10.2 Å². The van der Waals surface area contributed by atoms with Crippen molar-refractivity contribution < 1.29 is 18.0 Å². The van der Waals surface area contributed by atoms with Crippen molar-refractivity contribution in [2.45, 2.75) is 38.0 Å². The molecule has 0 bridgehead atoms. The molecule has 0 spiro atoms. The molecule has 116 valence electrons.